The van der Waals surface area contributed by atoms with E-state index >= 15 is 0 Å². The lowest BCUT2D eigenvalue weighted by atomic mass is 10.1. The maximum Gasteiger partial charge on any atom is 0.118 e. The molecule has 0 saturated carbocycles. The highest BCUT2D eigenvalue weighted by atomic mass is 19.1. The summed E-state index contributed by atoms with van der Waals surface area (Å²) in [7, 11) is 0. The molecule has 2 nitrogen and oxygen atoms in total. The van der Waals surface area contributed by atoms with Crippen LogP contribution in [0, 0.1) is 5.92 Å². The molecule has 8 heavy (non-hydrogen) atoms. The highest BCUT2D eigenvalue weighted by Gasteiger charge is 2.24. The quantitative estimate of drug-likeness (QED) is 0.487. The van der Waals surface area contributed by atoms with Crippen molar-refractivity contribution in [2.75, 3.05) is 19.6 Å². The highest BCUT2D eigenvalue weighted by Crippen LogP contribution is 2.09. The van der Waals surface area contributed by atoms with Crippen molar-refractivity contribution in [2.24, 2.45) is 11.7 Å². The van der Waals surface area contributed by atoms with E-state index in [1.54, 1.807) is 0 Å². The summed E-state index contributed by atoms with van der Waals surface area (Å²) in [5, 5.41) is 2.92. The van der Waals surface area contributed by atoms with Crippen LogP contribution in [0.1, 0.15) is 0 Å². The molecule has 1 fully saturated rings. The molecule has 2 atom stereocenters. The monoisotopic (exact) mass is 118 g/mol. The Morgan fingerprint density at radius 3 is 2.62 bits per heavy atom. The van der Waals surface area contributed by atoms with Crippen LogP contribution < -0.4 is 11.1 Å². The molecule has 1 heterocycles. The van der Waals surface area contributed by atoms with Crippen LogP contribution >= 0.6 is 0 Å². The summed E-state index contributed by atoms with van der Waals surface area (Å²) < 4.78 is 12.4. The minimum absolute atomic E-state index is 0.0648. The van der Waals surface area contributed by atoms with Gasteiger partial charge in [0.15, 0.2) is 0 Å². The molecular formula is C5H11FN2. The van der Waals surface area contributed by atoms with Crippen LogP contribution in [0.5, 0.6) is 0 Å². The lowest BCUT2D eigenvalue weighted by Gasteiger charge is -2.05. The molecule has 0 aromatic carbocycles. The Kier molecular flexibility index (Phi) is 1.81. The van der Waals surface area contributed by atoms with Gasteiger partial charge in [-0.25, -0.2) is 4.39 Å². The van der Waals surface area contributed by atoms with Crippen molar-refractivity contribution in [2.45, 2.75) is 6.17 Å². The third-order valence-corrected chi connectivity index (χ3v) is 1.56. The predicted octanol–water partition coefficient (Wildman–Crippen LogP) is -0.497. The van der Waals surface area contributed by atoms with E-state index < -0.39 is 6.17 Å². The second-order valence-corrected chi connectivity index (χ2v) is 2.17. The Balaban J connectivity index is 2.30. The number of hydrogen-bond donors (Lipinski definition) is 2. The first-order chi connectivity index (χ1) is 3.84. The highest BCUT2D eigenvalue weighted by molar-refractivity contribution is 4.80. The number of nitrogens with two attached hydrogens (primary N) is 1. The Morgan fingerprint density at radius 2 is 2.38 bits per heavy atom. The van der Waals surface area contributed by atoms with Gasteiger partial charge in [-0.1, -0.05) is 0 Å². The van der Waals surface area contributed by atoms with Crippen LogP contribution in [0.25, 0.3) is 0 Å². The molecule has 0 aromatic rings. The minimum atomic E-state index is -0.708. The van der Waals surface area contributed by atoms with E-state index in [2.05, 4.69) is 5.32 Å². The van der Waals surface area contributed by atoms with Crippen LogP contribution in [0.4, 0.5) is 4.39 Å². The van der Waals surface area contributed by atoms with Gasteiger partial charge in [0.25, 0.3) is 0 Å². The van der Waals surface area contributed by atoms with Crippen LogP contribution in [-0.4, -0.2) is 25.8 Å². The summed E-state index contributed by atoms with van der Waals surface area (Å²) in [4.78, 5) is 0. The standard InChI is InChI=1S/C5H11FN2/c6-5-3-8-2-4(5)1-7/h4-5,8H,1-3,7H2/t4-,5+/m0/s1. The zero-order chi connectivity index (χ0) is 5.98. The molecular weight excluding hydrogens is 107 g/mol. The molecule has 0 unspecified atom stereocenters. The van der Waals surface area contributed by atoms with E-state index in [0.717, 1.165) is 6.54 Å². The van der Waals surface area contributed by atoms with Crippen molar-refractivity contribution in [3.63, 3.8) is 0 Å². The first kappa shape index (κ1) is 5.98. The van der Waals surface area contributed by atoms with Crippen LogP contribution in [-0.2, 0) is 0 Å². The van der Waals surface area contributed by atoms with Crippen LogP contribution in [0.15, 0.2) is 0 Å². The zero-order valence-electron chi connectivity index (χ0n) is 4.73. The second kappa shape index (κ2) is 2.42. The SMILES string of the molecule is NC[C@H]1CNC[C@H]1F. The van der Waals surface area contributed by atoms with Crippen LogP contribution in [0.3, 0.4) is 0 Å². The van der Waals surface area contributed by atoms with Gasteiger partial charge in [-0.15, -0.1) is 0 Å². The van der Waals surface area contributed by atoms with Gasteiger partial charge in [-0.3, -0.25) is 0 Å². The smallest absolute Gasteiger partial charge is 0.118 e. The summed E-state index contributed by atoms with van der Waals surface area (Å²) in [5.41, 5.74) is 5.24. The maximum absolute atomic E-state index is 12.4. The van der Waals surface area contributed by atoms with Crippen LogP contribution in [0.2, 0.25) is 0 Å². The Labute approximate surface area is 48.2 Å². The number of nitrogens with one attached hydrogen (secondary N) is 1. The first-order valence-electron chi connectivity index (χ1n) is 2.89. The molecule has 1 rings (SSSR count). The van der Waals surface area contributed by atoms with E-state index in [1.807, 2.05) is 0 Å². The Hall–Kier alpha value is -0.150. The summed E-state index contributed by atoms with van der Waals surface area (Å²) in [6.07, 6.45) is -0.708. The molecule has 48 valence electrons. The van der Waals surface area contributed by atoms with Gasteiger partial charge < -0.3 is 11.1 Å². The first-order valence-corrected chi connectivity index (χ1v) is 2.89. The number of rotatable bonds is 1. The molecule has 0 bridgehead atoms. The van der Waals surface area contributed by atoms with Crippen molar-refractivity contribution in [1.82, 2.24) is 5.32 Å². The van der Waals surface area contributed by atoms with Crippen molar-refractivity contribution in [3.05, 3.63) is 0 Å². The molecule has 0 radical (unpaired) electrons. The van der Waals surface area contributed by atoms with Gasteiger partial charge in [-0.05, 0) is 6.54 Å². The van der Waals surface area contributed by atoms with E-state index in [9.17, 15) is 4.39 Å². The summed E-state index contributed by atoms with van der Waals surface area (Å²) in [6, 6.07) is 0. The predicted molar refractivity (Wildman–Crippen MR) is 30.3 cm³/mol. The van der Waals surface area contributed by atoms with E-state index in [4.69, 9.17) is 5.73 Å². The van der Waals surface area contributed by atoms with E-state index in [-0.39, 0.29) is 5.92 Å². The molecule has 0 aromatic heterocycles. The number of hydrogen-bond acceptors (Lipinski definition) is 2. The summed E-state index contributed by atoms with van der Waals surface area (Å²) >= 11 is 0. The molecule has 3 heteroatoms. The van der Waals surface area contributed by atoms with Gasteiger partial charge in [0.05, 0.1) is 0 Å². The molecule has 1 aliphatic rings. The molecule has 0 amide bonds. The topological polar surface area (TPSA) is 38.0 Å². The average molecular weight is 118 g/mol. The van der Waals surface area contributed by atoms with E-state index in [1.165, 1.54) is 0 Å². The molecule has 0 aliphatic carbocycles. The molecule has 0 spiro atoms. The van der Waals surface area contributed by atoms with Crippen molar-refractivity contribution in [3.8, 4) is 0 Å². The summed E-state index contributed by atoms with van der Waals surface area (Å²) in [6.45, 7) is 1.70. The lowest BCUT2D eigenvalue weighted by Crippen LogP contribution is -2.22. The molecule has 1 aliphatic heterocycles. The van der Waals surface area contributed by atoms with Gasteiger partial charge in [0.1, 0.15) is 6.17 Å². The normalized spacial score (nSPS) is 38.2. The minimum Gasteiger partial charge on any atom is -0.330 e. The van der Waals surface area contributed by atoms with Crippen molar-refractivity contribution < 1.29 is 4.39 Å². The summed E-state index contributed by atoms with van der Waals surface area (Å²) in [5.74, 6) is 0.0648. The largest absolute Gasteiger partial charge is 0.330 e. The molecule has 1 saturated heterocycles. The van der Waals surface area contributed by atoms with Gasteiger partial charge in [-0.2, -0.15) is 0 Å². The lowest BCUT2D eigenvalue weighted by molar-refractivity contribution is 0.288. The Morgan fingerprint density at radius 1 is 1.62 bits per heavy atom. The number of alkyl halides is 1. The second-order valence-electron chi connectivity index (χ2n) is 2.17. The maximum atomic E-state index is 12.4. The third-order valence-electron chi connectivity index (χ3n) is 1.56. The zero-order valence-corrected chi connectivity index (χ0v) is 4.73. The van der Waals surface area contributed by atoms with E-state index in [0.29, 0.717) is 13.1 Å². The molecule has 3 N–H and O–H groups in total. The van der Waals surface area contributed by atoms with Gasteiger partial charge in [0, 0.05) is 19.0 Å². The average Bonchev–Trinajstić information content (AvgIpc) is 2.14. The fourth-order valence-corrected chi connectivity index (χ4v) is 0.932. The number of halogens is 1. The van der Waals surface area contributed by atoms with Crippen molar-refractivity contribution >= 4 is 0 Å². The van der Waals surface area contributed by atoms with Crippen molar-refractivity contribution in [1.29, 1.82) is 0 Å². The van der Waals surface area contributed by atoms with Gasteiger partial charge >= 0.3 is 0 Å². The third kappa shape index (κ3) is 0.980. The fourth-order valence-electron chi connectivity index (χ4n) is 0.932. The Bertz CT molecular complexity index is 76.8. The van der Waals surface area contributed by atoms with Gasteiger partial charge in [0.2, 0.25) is 0 Å². The fraction of sp³-hybridized carbons (Fsp3) is 1.00.